The summed E-state index contributed by atoms with van der Waals surface area (Å²) in [7, 11) is 0. The van der Waals surface area contributed by atoms with Gasteiger partial charge in [0.05, 0.1) is 0 Å². The lowest BCUT2D eigenvalue weighted by molar-refractivity contribution is 0.0263. The predicted molar refractivity (Wildman–Crippen MR) is 65.8 cm³/mol. The van der Waals surface area contributed by atoms with Crippen molar-refractivity contribution < 1.29 is 18.5 Å². The number of aryl methyl sites for hydroxylation is 3. The largest absolute Gasteiger partial charge is 0.465 e. The number of nitrogens with zero attached hydrogens (tertiary/aromatic N) is 2. The first-order valence-corrected chi connectivity index (χ1v) is 5.98. The van der Waals surface area contributed by atoms with Crippen LogP contribution in [0.4, 0.5) is 0 Å². The Labute approximate surface area is 110 Å². The van der Waals surface area contributed by atoms with Crippen LogP contribution in [0.2, 0.25) is 0 Å². The van der Waals surface area contributed by atoms with Crippen molar-refractivity contribution in [3.63, 3.8) is 0 Å². The van der Waals surface area contributed by atoms with Crippen LogP contribution in [0.3, 0.4) is 0 Å². The summed E-state index contributed by atoms with van der Waals surface area (Å²) in [6, 6.07) is 0. The molecule has 0 radical (unpaired) electrons. The Morgan fingerprint density at radius 1 is 1.21 bits per heavy atom. The summed E-state index contributed by atoms with van der Waals surface area (Å²) in [6.45, 7) is 8.75. The van der Waals surface area contributed by atoms with Crippen LogP contribution in [0, 0.1) is 27.7 Å². The van der Waals surface area contributed by atoms with Crippen LogP contribution in [0.5, 0.6) is 0 Å². The van der Waals surface area contributed by atoms with Gasteiger partial charge in [-0.15, -0.1) is 0 Å². The number of ether oxygens (including phenoxy) is 1. The van der Waals surface area contributed by atoms with Gasteiger partial charge in [-0.2, -0.15) is 4.98 Å². The molecule has 6 nitrogen and oxygen atoms in total. The molecule has 0 aliphatic carbocycles. The number of furan rings is 1. The first-order valence-electron chi connectivity index (χ1n) is 5.98. The summed E-state index contributed by atoms with van der Waals surface area (Å²) in [5.74, 6) is 1.60. The Hall–Kier alpha value is -2.11. The van der Waals surface area contributed by atoms with E-state index in [1.807, 2.05) is 13.8 Å². The average Bonchev–Trinajstić information content (AvgIpc) is 2.84. The van der Waals surface area contributed by atoms with Gasteiger partial charge in [-0.1, -0.05) is 5.16 Å². The molecule has 0 amide bonds. The Kier molecular flexibility index (Phi) is 3.42. The number of esters is 1. The number of aromatic nitrogens is 2. The lowest BCUT2D eigenvalue weighted by Gasteiger charge is -2.09. The Bertz CT molecular complexity index is 612. The lowest BCUT2D eigenvalue weighted by Crippen LogP contribution is -2.11. The third kappa shape index (κ3) is 2.52. The highest BCUT2D eigenvalue weighted by Gasteiger charge is 2.24. The molecule has 1 unspecified atom stereocenters. The van der Waals surface area contributed by atoms with Crippen molar-refractivity contribution >= 4 is 5.97 Å². The van der Waals surface area contributed by atoms with Crippen LogP contribution >= 0.6 is 0 Å². The minimum Gasteiger partial charge on any atom is -0.465 e. The fourth-order valence-corrected chi connectivity index (χ4v) is 1.84. The summed E-state index contributed by atoms with van der Waals surface area (Å²) in [4.78, 5) is 16.1. The summed E-state index contributed by atoms with van der Waals surface area (Å²) < 4.78 is 15.7. The molecule has 0 aromatic carbocycles. The minimum absolute atomic E-state index is 0.279. The molecule has 0 spiro atoms. The summed E-state index contributed by atoms with van der Waals surface area (Å²) in [5.41, 5.74) is 1.25. The second-order valence-electron chi connectivity index (χ2n) is 4.44. The smallest absolute Gasteiger partial charge is 0.342 e. The van der Waals surface area contributed by atoms with E-state index < -0.39 is 12.1 Å². The Balaban J connectivity index is 2.17. The average molecular weight is 264 g/mol. The SMILES string of the molecule is Cc1noc(C(C)OC(=O)c2c(C)oc(C)c2C)n1. The summed E-state index contributed by atoms with van der Waals surface area (Å²) in [5, 5.41) is 3.66. The summed E-state index contributed by atoms with van der Waals surface area (Å²) in [6.07, 6.45) is -0.595. The molecule has 2 heterocycles. The number of hydrogen-bond donors (Lipinski definition) is 0. The molecule has 2 aromatic rings. The van der Waals surface area contributed by atoms with Crippen LogP contribution in [-0.4, -0.2) is 16.1 Å². The van der Waals surface area contributed by atoms with Crippen LogP contribution < -0.4 is 0 Å². The molecule has 0 N–H and O–H groups in total. The monoisotopic (exact) mass is 264 g/mol. The molecule has 2 rings (SSSR count). The second-order valence-corrected chi connectivity index (χ2v) is 4.44. The highest BCUT2D eigenvalue weighted by molar-refractivity contribution is 5.92. The van der Waals surface area contributed by atoms with E-state index in [1.165, 1.54) is 0 Å². The molecular weight excluding hydrogens is 248 g/mol. The number of carbonyl (C=O) groups excluding carboxylic acids is 1. The van der Waals surface area contributed by atoms with Gasteiger partial charge in [-0.3, -0.25) is 0 Å². The molecule has 102 valence electrons. The van der Waals surface area contributed by atoms with Gasteiger partial charge in [-0.05, 0) is 34.6 Å². The van der Waals surface area contributed by atoms with E-state index >= 15 is 0 Å². The van der Waals surface area contributed by atoms with Crippen molar-refractivity contribution in [1.29, 1.82) is 0 Å². The maximum Gasteiger partial charge on any atom is 0.342 e. The fourth-order valence-electron chi connectivity index (χ4n) is 1.84. The van der Waals surface area contributed by atoms with E-state index in [2.05, 4.69) is 10.1 Å². The molecule has 2 aromatic heterocycles. The zero-order chi connectivity index (χ0) is 14.2. The predicted octanol–water partition coefficient (Wildman–Crippen LogP) is 2.81. The fraction of sp³-hybridized carbons (Fsp3) is 0.462. The van der Waals surface area contributed by atoms with Crippen LogP contribution in [-0.2, 0) is 4.74 Å². The van der Waals surface area contributed by atoms with E-state index in [-0.39, 0.29) is 5.89 Å². The topological polar surface area (TPSA) is 78.4 Å². The van der Waals surface area contributed by atoms with Gasteiger partial charge in [0.15, 0.2) is 11.9 Å². The minimum atomic E-state index is -0.595. The highest BCUT2D eigenvalue weighted by atomic mass is 16.6. The quantitative estimate of drug-likeness (QED) is 0.793. The van der Waals surface area contributed by atoms with Gasteiger partial charge >= 0.3 is 5.97 Å². The van der Waals surface area contributed by atoms with Crippen molar-refractivity contribution in [3.8, 4) is 0 Å². The molecule has 0 saturated heterocycles. The number of rotatable bonds is 3. The maximum absolute atomic E-state index is 12.1. The van der Waals surface area contributed by atoms with Gasteiger partial charge in [0, 0.05) is 5.56 Å². The molecule has 0 aliphatic rings. The first-order chi connectivity index (χ1) is 8.90. The van der Waals surface area contributed by atoms with Crippen molar-refractivity contribution in [3.05, 3.63) is 34.4 Å². The van der Waals surface area contributed by atoms with Crippen molar-refractivity contribution in [1.82, 2.24) is 10.1 Å². The molecule has 19 heavy (non-hydrogen) atoms. The molecule has 0 saturated carbocycles. The Morgan fingerprint density at radius 2 is 1.89 bits per heavy atom. The highest BCUT2D eigenvalue weighted by Crippen LogP contribution is 2.24. The van der Waals surface area contributed by atoms with Crippen LogP contribution in [0.15, 0.2) is 8.94 Å². The number of hydrogen-bond acceptors (Lipinski definition) is 6. The van der Waals surface area contributed by atoms with Gasteiger partial charge in [0.1, 0.15) is 17.1 Å². The van der Waals surface area contributed by atoms with E-state index in [0.29, 0.717) is 22.9 Å². The summed E-state index contributed by atoms with van der Waals surface area (Å²) >= 11 is 0. The van der Waals surface area contributed by atoms with E-state index in [9.17, 15) is 4.79 Å². The Morgan fingerprint density at radius 3 is 2.37 bits per heavy atom. The molecule has 0 aliphatic heterocycles. The zero-order valence-electron chi connectivity index (χ0n) is 11.6. The second kappa shape index (κ2) is 4.87. The van der Waals surface area contributed by atoms with Crippen LogP contribution in [0.1, 0.15) is 52.2 Å². The third-order valence-electron chi connectivity index (χ3n) is 2.94. The van der Waals surface area contributed by atoms with Crippen molar-refractivity contribution in [2.24, 2.45) is 0 Å². The van der Waals surface area contributed by atoms with Gasteiger partial charge < -0.3 is 13.7 Å². The normalized spacial score (nSPS) is 12.5. The molecule has 0 fully saturated rings. The van der Waals surface area contributed by atoms with Gasteiger partial charge in [0.25, 0.3) is 5.89 Å². The first kappa shape index (κ1) is 13.3. The molecule has 1 atom stereocenters. The van der Waals surface area contributed by atoms with Crippen molar-refractivity contribution in [2.45, 2.75) is 40.7 Å². The van der Waals surface area contributed by atoms with E-state index in [4.69, 9.17) is 13.7 Å². The number of carbonyl (C=O) groups is 1. The van der Waals surface area contributed by atoms with Gasteiger partial charge in [-0.25, -0.2) is 4.79 Å². The zero-order valence-corrected chi connectivity index (χ0v) is 11.6. The van der Waals surface area contributed by atoms with Crippen LogP contribution in [0.25, 0.3) is 0 Å². The van der Waals surface area contributed by atoms with E-state index in [1.54, 1.807) is 20.8 Å². The maximum atomic E-state index is 12.1. The van der Waals surface area contributed by atoms with Crippen molar-refractivity contribution in [2.75, 3.05) is 0 Å². The molecular formula is C13H16N2O4. The molecule has 0 bridgehead atoms. The molecule has 6 heteroatoms. The lowest BCUT2D eigenvalue weighted by atomic mass is 10.1. The van der Waals surface area contributed by atoms with Gasteiger partial charge in [0.2, 0.25) is 0 Å². The standard InChI is InChI=1S/C13H16N2O4/c1-6-7(2)17-8(3)11(6)13(16)18-9(4)12-14-10(5)15-19-12/h9H,1-5H3. The third-order valence-corrected chi connectivity index (χ3v) is 2.94. The van der Waals surface area contributed by atoms with E-state index in [0.717, 1.165) is 5.56 Å².